The number of hydrogen-bond acceptors (Lipinski definition) is 2. The molecule has 2 heteroatoms. The summed E-state index contributed by atoms with van der Waals surface area (Å²) in [6.07, 6.45) is 7.34. The van der Waals surface area contributed by atoms with Gasteiger partial charge in [0.2, 0.25) is 0 Å². The molecule has 3 aromatic rings. The predicted octanol–water partition coefficient (Wildman–Crippen LogP) is 5.80. The van der Waals surface area contributed by atoms with Crippen LogP contribution in [0.1, 0.15) is 44.1 Å². The molecule has 1 heterocycles. The minimum Gasteiger partial charge on any atom is -0.398 e. The Hall–Kier alpha value is -2.35. The minimum absolute atomic E-state index is 0.788. The van der Waals surface area contributed by atoms with Crippen molar-refractivity contribution in [1.82, 2.24) is 4.98 Å². The average molecular weight is 318 g/mol. The zero-order chi connectivity index (χ0) is 16.8. The van der Waals surface area contributed by atoms with E-state index in [1.54, 1.807) is 11.8 Å². The zero-order valence-electron chi connectivity index (χ0n) is 14.4. The average Bonchev–Trinajstić information content (AvgIpc) is 2.64. The molecule has 0 radical (unpaired) electrons. The highest BCUT2D eigenvalue weighted by atomic mass is 14.7. The van der Waals surface area contributed by atoms with Crippen molar-refractivity contribution >= 4 is 16.6 Å². The van der Waals surface area contributed by atoms with Crippen molar-refractivity contribution in [2.75, 3.05) is 5.73 Å². The summed E-state index contributed by atoms with van der Waals surface area (Å²) >= 11 is 0. The lowest BCUT2D eigenvalue weighted by Gasteiger charge is -2.26. The van der Waals surface area contributed by atoms with E-state index in [1.807, 2.05) is 30.3 Å². The van der Waals surface area contributed by atoms with E-state index in [1.165, 1.54) is 25.7 Å². The minimum atomic E-state index is 0.788. The number of para-hydroxylation sites is 1. The van der Waals surface area contributed by atoms with Gasteiger partial charge in [0.25, 0.3) is 0 Å². The third-order valence-corrected chi connectivity index (χ3v) is 4.97. The summed E-state index contributed by atoms with van der Waals surface area (Å²) in [6, 6.07) is 20.6. The Balaban J connectivity index is 0.000000143. The summed E-state index contributed by atoms with van der Waals surface area (Å²) in [6.45, 7) is 2.38. The third kappa shape index (κ3) is 4.14. The number of fused-ring (bicyclic) bond motifs is 1. The van der Waals surface area contributed by atoms with Crippen LogP contribution in [0.5, 0.6) is 0 Å². The van der Waals surface area contributed by atoms with Gasteiger partial charge >= 0.3 is 0 Å². The van der Waals surface area contributed by atoms with Gasteiger partial charge in [-0.25, -0.2) is 0 Å². The van der Waals surface area contributed by atoms with Gasteiger partial charge in [0.1, 0.15) is 0 Å². The molecule has 124 valence electrons. The van der Waals surface area contributed by atoms with E-state index >= 15 is 0 Å². The first kappa shape index (κ1) is 16.5. The topological polar surface area (TPSA) is 38.9 Å². The molecule has 1 aliphatic rings. The zero-order valence-corrected chi connectivity index (χ0v) is 14.4. The molecule has 1 aliphatic carbocycles. The quantitative estimate of drug-likeness (QED) is 0.616. The summed E-state index contributed by atoms with van der Waals surface area (Å²) in [7, 11) is 0. The number of pyridine rings is 1. The highest BCUT2D eigenvalue weighted by Crippen LogP contribution is 2.35. The van der Waals surface area contributed by atoms with Gasteiger partial charge in [0.05, 0.1) is 5.52 Å². The fourth-order valence-corrected chi connectivity index (χ4v) is 3.44. The number of benzene rings is 2. The Labute approximate surface area is 144 Å². The van der Waals surface area contributed by atoms with E-state index in [0.717, 1.165) is 28.4 Å². The van der Waals surface area contributed by atoms with Gasteiger partial charge in [-0.2, -0.15) is 0 Å². The second-order valence-electron chi connectivity index (χ2n) is 6.78. The van der Waals surface area contributed by atoms with Crippen molar-refractivity contribution in [3.8, 4) is 0 Å². The summed E-state index contributed by atoms with van der Waals surface area (Å²) in [4.78, 5) is 4.16. The molecule has 1 aromatic heterocycles. The van der Waals surface area contributed by atoms with E-state index < -0.39 is 0 Å². The van der Waals surface area contributed by atoms with Crippen LogP contribution in [0.15, 0.2) is 66.9 Å². The Morgan fingerprint density at radius 3 is 2.21 bits per heavy atom. The van der Waals surface area contributed by atoms with Crippen LogP contribution >= 0.6 is 0 Å². The molecular formula is C22H26N2. The number of hydrogen-bond donors (Lipinski definition) is 1. The molecule has 24 heavy (non-hydrogen) atoms. The molecule has 4 rings (SSSR count). The van der Waals surface area contributed by atoms with Crippen LogP contribution in [0.3, 0.4) is 0 Å². The van der Waals surface area contributed by atoms with Gasteiger partial charge in [-0.15, -0.1) is 0 Å². The van der Waals surface area contributed by atoms with Gasteiger partial charge in [-0.05, 0) is 42.4 Å². The smallest absolute Gasteiger partial charge is 0.0722 e. The molecule has 0 amide bonds. The molecule has 0 spiro atoms. The second-order valence-corrected chi connectivity index (χ2v) is 6.78. The molecule has 1 saturated carbocycles. The normalized spacial score (nSPS) is 20.2. The number of aromatic nitrogens is 1. The predicted molar refractivity (Wildman–Crippen MR) is 103 cm³/mol. The van der Waals surface area contributed by atoms with Crippen LogP contribution in [0.25, 0.3) is 10.9 Å². The van der Waals surface area contributed by atoms with Crippen molar-refractivity contribution in [3.63, 3.8) is 0 Å². The van der Waals surface area contributed by atoms with E-state index in [-0.39, 0.29) is 0 Å². The molecule has 1 fully saturated rings. The lowest BCUT2D eigenvalue weighted by atomic mass is 9.79. The summed E-state index contributed by atoms with van der Waals surface area (Å²) in [5.41, 5.74) is 9.01. The molecule has 0 aliphatic heterocycles. The van der Waals surface area contributed by atoms with Gasteiger partial charge in [0.15, 0.2) is 0 Å². The second kappa shape index (κ2) is 7.96. The van der Waals surface area contributed by atoms with Gasteiger partial charge < -0.3 is 5.73 Å². The number of nitrogens with two attached hydrogens (primary N) is 1. The molecule has 0 atom stereocenters. The van der Waals surface area contributed by atoms with Crippen molar-refractivity contribution in [3.05, 3.63) is 72.4 Å². The Bertz CT molecular complexity index is 754. The SMILES string of the molecule is CC1CCC(c2ccccc2)CC1.Nc1ccnc2ccccc12. The fraction of sp³-hybridized carbons (Fsp3) is 0.318. The number of rotatable bonds is 1. The Morgan fingerprint density at radius 1 is 0.833 bits per heavy atom. The van der Waals surface area contributed by atoms with Crippen molar-refractivity contribution in [1.29, 1.82) is 0 Å². The molecule has 0 saturated heterocycles. The molecule has 2 nitrogen and oxygen atoms in total. The molecule has 0 bridgehead atoms. The molecule has 2 N–H and O–H groups in total. The monoisotopic (exact) mass is 318 g/mol. The fourth-order valence-electron chi connectivity index (χ4n) is 3.44. The standard InChI is InChI=1S/C13H18.C9H8N2/c1-11-7-9-13(10-8-11)12-5-3-2-4-6-12;10-8-5-6-11-9-4-2-1-3-7(8)9/h2-6,11,13H,7-10H2,1H3;1-6H,(H2,10,11). The van der Waals surface area contributed by atoms with Gasteiger partial charge in [-0.3, -0.25) is 4.98 Å². The van der Waals surface area contributed by atoms with Crippen LogP contribution in [0.4, 0.5) is 5.69 Å². The first-order valence-electron chi connectivity index (χ1n) is 8.88. The van der Waals surface area contributed by atoms with Crippen LogP contribution in [-0.2, 0) is 0 Å². The first-order chi connectivity index (χ1) is 11.7. The number of nitrogens with zero attached hydrogens (tertiary/aromatic N) is 1. The largest absolute Gasteiger partial charge is 0.398 e. The van der Waals surface area contributed by atoms with E-state index in [0.29, 0.717) is 0 Å². The van der Waals surface area contributed by atoms with Gasteiger partial charge in [0, 0.05) is 17.3 Å². The van der Waals surface area contributed by atoms with Gasteiger partial charge in [-0.1, -0.05) is 68.3 Å². The first-order valence-corrected chi connectivity index (χ1v) is 8.88. The third-order valence-electron chi connectivity index (χ3n) is 4.97. The van der Waals surface area contributed by atoms with Crippen molar-refractivity contribution in [2.24, 2.45) is 5.92 Å². The molecular weight excluding hydrogens is 292 g/mol. The van der Waals surface area contributed by atoms with E-state index in [4.69, 9.17) is 5.73 Å². The lowest BCUT2D eigenvalue weighted by Crippen LogP contribution is -2.10. The highest BCUT2D eigenvalue weighted by Gasteiger charge is 2.18. The summed E-state index contributed by atoms with van der Waals surface area (Å²) in [5.74, 6) is 1.80. The number of anilines is 1. The van der Waals surface area contributed by atoms with Crippen molar-refractivity contribution < 1.29 is 0 Å². The summed E-state index contributed by atoms with van der Waals surface area (Å²) in [5, 5.41) is 1.02. The Kier molecular flexibility index (Phi) is 5.47. The van der Waals surface area contributed by atoms with Crippen molar-refractivity contribution in [2.45, 2.75) is 38.5 Å². The van der Waals surface area contributed by atoms with Crippen LogP contribution in [0.2, 0.25) is 0 Å². The van der Waals surface area contributed by atoms with E-state index in [2.05, 4.69) is 42.2 Å². The maximum atomic E-state index is 5.72. The lowest BCUT2D eigenvalue weighted by molar-refractivity contribution is 0.348. The Morgan fingerprint density at radius 2 is 1.50 bits per heavy atom. The molecule has 2 aromatic carbocycles. The number of nitrogen functional groups attached to an aromatic ring is 1. The van der Waals surface area contributed by atoms with Crippen LogP contribution in [0, 0.1) is 5.92 Å². The maximum Gasteiger partial charge on any atom is 0.0722 e. The van der Waals surface area contributed by atoms with Crippen LogP contribution in [-0.4, -0.2) is 4.98 Å². The highest BCUT2D eigenvalue weighted by molar-refractivity contribution is 5.89. The molecule has 0 unspecified atom stereocenters. The van der Waals surface area contributed by atoms with E-state index in [9.17, 15) is 0 Å². The maximum absolute atomic E-state index is 5.72. The van der Waals surface area contributed by atoms with Crippen LogP contribution < -0.4 is 5.73 Å². The summed E-state index contributed by atoms with van der Waals surface area (Å²) < 4.78 is 0.